The van der Waals surface area contributed by atoms with Gasteiger partial charge in [0.2, 0.25) is 0 Å². The fraction of sp³-hybridized carbons (Fsp3) is 0.318. The summed E-state index contributed by atoms with van der Waals surface area (Å²) < 4.78 is 6.77. The molecule has 0 saturated carbocycles. The van der Waals surface area contributed by atoms with E-state index in [1.807, 2.05) is 37.9 Å². The third-order valence-electron chi connectivity index (χ3n) is 5.05. The molecule has 9 heteroatoms. The fourth-order valence-electron chi connectivity index (χ4n) is 3.36. The van der Waals surface area contributed by atoms with Gasteiger partial charge in [0.25, 0.3) is 0 Å². The number of methoxy groups -OCH3 is 1. The molecule has 0 atom stereocenters. The van der Waals surface area contributed by atoms with Crippen molar-refractivity contribution < 1.29 is 14.9 Å². The number of hydrogen-bond donors (Lipinski definition) is 3. The molecule has 1 heterocycles. The topological polar surface area (TPSA) is 107 Å². The zero-order chi connectivity index (χ0) is 22.7. The van der Waals surface area contributed by atoms with Crippen LogP contribution in [0.3, 0.4) is 0 Å². The second kappa shape index (κ2) is 9.29. The number of likely N-dealkylation sites (N-methyl/N-ethyl adjacent to an activating group) is 1. The fourth-order valence-corrected chi connectivity index (χ4v) is 3.61. The first kappa shape index (κ1) is 22.5. The van der Waals surface area contributed by atoms with Crippen LogP contribution in [0.2, 0.25) is 0 Å². The summed E-state index contributed by atoms with van der Waals surface area (Å²) in [5.41, 5.74) is 2.96. The highest BCUT2D eigenvalue weighted by Gasteiger charge is 2.21. The summed E-state index contributed by atoms with van der Waals surface area (Å²) in [6, 6.07) is 10.6. The van der Waals surface area contributed by atoms with E-state index >= 15 is 0 Å². The van der Waals surface area contributed by atoms with E-state index in [1.54, 1.807) is 23.8 Å². The molecule has 0 aliphatic rings. The number of hydrogen-bond acceptors (Lipinski definition) is 8. The van der Waals surface area contributed by atoms with E-state index in [4.69, 9.17) is 4.74 Å². The number of aromatic nitrogens is 3. The van der Waals surface area contributed by atoms with Crippen LogP contribution in [0.4, 0.5) is 5.69 Å². The predicted molar refractivity (Wildman–Crippen MR) is 121 cm³/mol. The molecule has 8 nitrogen and oxygen atoms in total. The summed E-state index contributed by atoms with van der Waals surface area (Å²) in [5, 5.41) is 38.9. The Morgan fingerprint density at radius 2 is 1.94 bits per heavy atom. The minimum Gasteiger partial charge on any atom is -0.508 e. The molecule has 3 rings (SSSR count). The average molecular weight is 440 g/mol. The maximum Gasteiger partial charge on any atom is 0.193 e. The van der Waals surface area contributed by atoms with Crippen molar-refractivity contribution in [2.45, 2.75) is 24.9 Å². The van der Waals surface area contributed by atoms with Gasteiger partial charge in [-0.2, -0.15) is 5.26 Å². The van der Waals surface area contributed by atoms with Crippen molar-refractivity contribution in [2.24, 2.45) is 0 Å². The highest BCUT2D eigenvalue weighted by atomic mass is 32.1. The number of rotatable bonds is 7. The molecule has 2 N–H and O–H groups in total. The Hall–Kier alpha value is -3.22. The van der Waals surface area contributed by atoms with Gasteiger partial charge in [-0.3, -0.25) is 4.57 Å². The van der Waals surface area contributed by atoms with E-state index in [0.29, 0.717) is 46.5 Å². The summed E-state index contributed by atoms with van der Waals surface area (Å²) in [6.07, 6.45) is 0. The van der Waals surface area contributed by atoms with Crippen LogP contribution in [0.5, 0.6) is 11.5 Å². The van der Waals surface area contributed by atoms with Crippen LogP contribution >= 0.6 is 12.6 Å². The van der Waals surface area contributed by atoms with Crippen LogP contribution in [0.1, 0.15) is 30.9 Å². The van der Waals surface area contributed by atoms with Gasteiger partial charge in [0, 0.05) is 26.8 Å². The Bertz CT molecular complexity index is 1140. The number of nitrogens with zero attached hydrogens (tertiary/aromatic N) is 5. The highest BCUT2D eigenvalue weighted by Crippen LogP contribution is 2.38. The maximum atomic E-state index is 10.5. The Labute approximate surface area is 186 Å². The lowest BCUT2D eigenvalue weighted by Gasteiger charge is -2.21. The lowest BCUT2D eigenvalue weighted by atomic mass is 9.98. The first-order valence-electron chi connectivity index (χ1n) is 9.73. The van der Waals surface area contributed by atoms with Crippen molar-refractivity contribution >= 4 is 18.3 Å². The summed E-state index contributed by atoms with van der Waals surface area (Å²) in [6.45, 7) is 5.07. The number of phenolic OH excluding ortho intramolecular Hbond substituents is 2. The van der Waals surface area contributed by atoms with E-state index in [-0.39, 0.29) is 17.4 Å². The van der Waals surface area contributed by atoms with Gasteiger partial charge in [0.15, 0.2) is 11.0 Å². The largest absolute Gasteiger partial charge is 0.508 e. The van der Waals surface area contributed by atoms with Crippen LogP contribution in [-0.2, 0) is 4.74 Å². The van der Waals surface area contributed by atoms with Crippen molar-refractivity contribution in [3.63, 3.8) is 0 Å². The van der Waals surface area contributed by atoms with Crippen LogP contribution < -0.4 is 4.90 Å². The summed E-state index contributed by atoms with van der Waals surface area (Å²) >= 11 is 4.43. The van der Waals surface area contributed by atoms with E-state index in [9.17, 15) is 15.5 Å². The molecule has 0 bridgehead atoms. The molecule has 1 aromatic heterocycles. The third kappa shape index (κ3) is 4.45. The molecule has 31 heavy (non-hydrogen) atoms. The smallest absolute Gasteiger partial charge is 0.193 e. The Kier molecular flexibility index (Phi) is 6.73. The second-order valence-corrected chi connectivity index (χ2v) is 7.87. The molecule has 0 saturated heterocycles. The maximum absolute atomic E-state index is 10.5. The molecule has 3 aromatic rings. The quantitative estimate of drug-likeness (QED) is 0.482. The summed E-state index contributed by atoms with van der Waals surface area (Å²) in [7, 11) is 3.53. The lowest BCUT2D eigenvalue weighted by Crippen LogP contribution is -2.23. The average Bonchev–Trinajstić information content (AvgIpc) is 3.12. The number of thiol groups is 1. The molecule has 162 valence electrons. The molecule has 0 fully saturated rings. The van der Waals surface area contributed by atoms with E-state index in [2.05, 4.69) is 28.9 Å². The van der Waals surface area contributed by atoms with Crippen LogP contribution in [-0.4, -0.2) is 52.3 Å². The van der Waals surface area contributed by atoms with Gasteiger partial charge in [0.1, 0.15) is 17.6 Å². The van der Waals surface area contributed by atoms with Gasteiger partial charge in [-0.25, -0.2) is 0 Å². The van der Waals surface area contributed by atoms with Gasteiger partial charge < -0.3 is 19.8 Å². The number of nitriles is 1. The normalized spacial score (nSPS) is 11.0. The van der Waals surface area contributed by atoms with Crippen molar-refractivity contribution in [3.05, 3.63) is 41.5 Å². The van der Waals surface area contributed by atoms with Crippen molar-refractivity contribution in [3.8, 4) is 34.6 Å². The van der Waals surface area contributed by atoms with E-state index in [0.717, 1.165) is 5.69 Å². The molecule has 0 radical (unpaired) electrons. The number of aromatic hydroxyl groups is 2. The SMILES string of the molecule is COCCN(C)c1ccc(-n2c(S)nnc2-c2cc(C(C)C)c(O)cc2O)cc1C#N. The highest BCUT2D eigenvalue weighted by molar-refractivity contribution is 7.80. The minimum atomic E-state index is -0.125. The predicted octanol–water partition coefficient (Wildman–Crippen LogP) is 3.71. The summed E-state index contributed by atoms with van der Waals surface area (Å²) in [5.74, 6) is 0.288. The van der Waals surface area contributed by atoms with Gasteiger partial charge in [-0.05, 0) is 35.7 Å². The number of ether oxygens (including phenoxy) is 1. The number of benzene rings is 2. The minimum absolute atomic E-state index is 0.0172. The molecule has 2 aromatic carbocycles. The number of anilines is 1. The van der Waals surface area contributed by atoms with Gasteiger partial charge in [-0.15, -0.1) is 22.8 Å². The first-order chi connectivity index (χ1) is 14.8. The standard InChI is InChI=1S/C22H25N5O3S/c1-13(2)16-10-17(20(29)11-19(16)28)21-24-25-22(31)27(21)15-5-6-18(14(9-15)12-23)26(3)7-8-30-4/h5-6,9-11,13,28-29H,7-8H2,1-4H3,(H,25,31). The second-order valence-electron chi connectivity index (χ2n) is 7.47. The third-order valence-corrected chi connectivity index (χ3v) is 5.34. The van der Waals surface area contributed by atoms with Crippen LogP contribution in [0.15, 0.2) is 35.5 Å². The van der Waals surface area contributed by atoms with Crippen molar-refractivity contribution in [1.82, 2.24) is 14.8 Å². The van der Waals surface area contributed by atoms with Crippen molar-refractivity contribution in [2.75, 3.05) is 32.2 Å². The van der Waals surface area contributed by atoms with Crippen LogP contribution in [0, 0.1) is 11.3 Å². The van der Waals surface area contributed by atoms with Gasteiger partial charge in [-0.1, -0.05) is 13.8 Å². The molecule has 0 aliphatic carbocycles. The monoisotopic (exact) mass is 439 g/mol. The molecule has 0 aliphatic heterocycles. The molecular formula is C22H25N5O3S. The van der Waals surface area contributed by atoms with E-state index < -0.39 is 0 Å². The zero-order valence-electron chi connectivity index (χ0n) is 17.9. The van der Waals surface area contributed by atoms with E-state index in [1.165, 1.54) is 6.07 Å². The Morgan fingerprint density at radius 1 is 1.19 bits per heavy atom. The number of phenols is 2. The first-order valence-corrected chi connectivity index (χ1v) is 10.2. The Morgan fingerprint density at radius 3 is 2.58 bits per heavy atom. The molecule has 0 unspecified atom stereocenters. The van der Waals surface area contributed by atoms with Crippen molar-refractivity contribution in [1.29, 1.82) is 5.26 Å². The van der Waals surface area contributed by atoms with Gasteiger partial charge in [0.05, 0.1) is 29.1 Å². The molecule has 0 amide bonds. The molecular weight excluding hydrogens is 414 g/mol. The lowest BCUT2D eigenvalue weighted by molar-refractivity contribution is 0.206. The molecule has 0 spiro atoms. The zero-order valence-corrected chi connectivity index (χ0v) is 18.8. The van der Waals surface area contributed by atoms with Crippen LogP contribution in [0.25, 0.3) is 17.1 Å². The Balaban J connectivity index is 2.12. The van der Waals surface area contributed by atoms with Gasteiger partial charge >= 0.3 is 0 Å². The summed E-state index contributed by atoms with van der Waals surface area (Å²) in [4.78, 5) is 1.95.